The van der Waals surface area contributed by atoms with E-state index in [-0.39, 0.29) is 98.1 Å². The molecule has 34 heavy (non-hydrogen) atoms. The molecule has 0 saturated carbocycles. The van der Waals surface area contributed by atoms with Gasteiger partial charge in [-0.1, -0.05) is 0 Å². The molecule has 0 unspecified atom stereocenters. The summed E-state index contributed by atoms with van der Waals surface area (Å²) in [5, 5.41) is 0. The van der Waals surface area contributed by atoms with E-state index < -0.39 is 0 Å². The van der Waals surface area contributed by atoms with E-state index in [1.54, 1.807) is 0 Å². The zero-order valence-corrected chi connectivity index (χ0v) is 28.5. The minimum absolute atomic E-state index is 0. The van der Waals surface area contributed by atoms with E-state index >= 15 is 0 Å². The average molecular weight is 1120 g/mol. The Kier molecular flexibility index (Phi) is 43.9. The topological polar surface area (TPSA) is 0 Å². The van der Waals surface area contributed by atoms with Crippen LogP contribution < -0.4 is 0 Å². The van der Waals surface area contributed by atoms with Gasteiger partial charge in [0.25, 0.3) is 0 Å². The summed E-state index contributed by atoms with van der Waals surface area (Å²) >= 11 is 0. The summed E-state index contributed by atoms with van der Waals surface area (Å²) in [6.07, 6.45) is 0. The molecule has 0 fully saturated rings. The molecule has 6 aromatic rings. The molecule has 0 aromatic heterocycles. The van der Waals surface area contributed by atoms with Crippen molar-refractivity contribution in [1.82, 2.24) is 0 Å². The standard InChI is InChI=1S/6C5H5.Lu.3Re/c6*1-2-4-5-3-1;;;;/h6*1-5H;;;;/q6*-1;+3;;;. The van der Waals surface area contributed by atoms with E-state index in [0.717, 1.165) is 0 Å². The Hall–Kier alpha value is -0.679. The fourth-order valence-corrected chi connectivity index (χ4v) is 1.92. The second-order valence-electron chi connectivity index (χ2n) is 5.77. The first-order valence-electron chi connectivity index (χ1n) is 10.0. The summed E-state index contributed by atoms with van der Waals surface area (Å²) in [7, 11) is 0. The molecule has 0 aliphatic heterocycles. The molecule has 0 nitrogen and oxygen atoms in total. The van der Waals surface area contributed by atoms with Crippen molar-refractivity contribution < 1.29 is 98.1 Å². The van der Waals surface area contributed by atoms with Gasteiger partial charge in [0, 0.05) is 61.3 Å². The fourth-order valence-electron chi connectivity index (χ4n) is 1.92. The molecule has 6 aromatic carbocycles. The SMILES string of the molecule is [Lu+3].[Re].[Re].[Re].c1cc[cH-]c1.c1cc[cH-]c1.c1cc[cH-]c1.c1cc[cH-]c1.c1cc[cH-]c1.c1cc[cH-]c1. The van der Waals surface area contributed by atoms with Crippen LogP contribution in [0.2, 0.25) is 0 Å². The van der Waals surface area contributed by atoms with Crippen molar-refractivity contribution in [3.8, 4) is 0 Å². The predicted octanol–water partition coefficient (Wildman–Crippen LogP) is 8.43. The summed E-state index contributed by atoms with van der Waals surface area (Å²) in [5.41, 5.74) is 0. The monoisotopic (exact) mass is 1130 g/mol. The third-order valence-electron chi connectivity index (χ3n) is 3.33. The smallest absolute Gasteiger partial charge is 0.214 e. The van der Waals surface area contributed by atoms with Crippen LogP contribution >= 0.6 is 0 Å². The average Bonchev–Trinajstić information content (AvgIpc) is 3.69. The van der Waals surface area contributed by atoms with Crippen molar-refractivity contribution in [2.75, 3.05) is 0 Å². The first kappa shape index (κ1) is 40.5. The molecule has 4 heteroatoms. The van der Waals surface area contributed by atoms with Crippen molar-refractivity contribution in [1.29, 1.82) is 0 Å². The molecule has 6 rings (SSSR count). The maximum atomic E-state index is 2.00. The van der Waals surface area contributed by atoms with E-state index in [4.69, 9.17) is 0 Å². The van der Waals surface area contributed by atoms with Gasteiger partial charge in [-0.15, -0.1) is 0 Å². The van der Waals surface area contributed by atoms with Crippen LogP contribution in [0.3, 0.4) is 0 Å². The minimum Gasteiger partial charge on any atom is -0.214 e. The van der Waals surface area contributed by atoms with E-state index in [0.29, 0.717) is 0 Å². The van der Waals surface area contributed by atoms with Gasteiger partial charge in [0.2, 0.25) is 0 Å². The quantitative estimate of drug-likeness (QED) is 0.134. The van der Waals surface area contributed by atoms with Crippen LogP contribution in [0, 0.1) is 36.9 Å². The van der Waals surface area contributed by atoms with E-state index in [1.807, 2.05) is 182 Å². The van der Waals surface area contributed by atoms with Crippen molar-refractivity contribution in [3.63, 3.8) is 0 Å². The van der Waals surface area contributed by atoms with Gasteiger partial charge < -0.3 is 0 Å². The maximum absolute atomic E-state index is 2.00. The van der Waals surface area contributed by atoms with Crippen LogP contribution in [-0.2, 0) is 61.3 Å². The maximum Gasteiger partial charge on any atom is 3.00 e. The summed E-state index contributed by atoms with van der Waals surface area (Å²) in [6.45, 7) is 0. The molecule has 0 aliphatic rings. The van der Waals surface area contributed by atoms with E-state index in [1.165, 1.54) is 0 Å². The van der Waals surface area contributed by atoms with Crippen LogP contribution in [0.15, 0.2) is 182 Å². The molecule has 0 amide bonds. The van der Waals surface area contributed by atoms with Gasteiger partial charge in [0.15, 0.2) is 0 Å². The van der Waals surface area contributed by atoms with Crippen molar-refractivity contribution in [2.45, 2.75) is 0 Å². The molecule has 3 radical (unpaired) electrons. The van der Waals surface area contributed by atoms with Gasteiger partial charge >= 0.3 is 36.9 Å². The number of hydrogen-bond donors (Lipinski definition) is 0. The van der Waals surface area contributed by atoms with Crippen LogP contribution in [0.4, 0.5) is 0 Å². The molecule has 0 N–H and O–H groups in total. The summed E-state index contributed by atoms with van der Waals surface area (Å²) < 4.78 is 0. The van der Waals surface area contributed by atoms with Crippen LogP contribution in [-0.4, -0.2) is 0 Å². The Morgan fingerprint density at radius 1 is 0.206 bits per heavy atom. The predicted molar refractivity (Wildman–Crippen MR) is 132 cm³/mol. The van der Waals surface area contributed by atoms with Crippen molar-refractivity contribution >= 4 is 0 Å². The minimum atomic E-state index is 0. The van der Waals surface area contributed by atoms with Gasteiger partial charge in [-0.05, 0) is 0 Å². The van der Waals surface area contributed by atoms with E-state index in [2.05, 4.69) is 0 Å². The molecule has 0 bridgehead atoms. The summed E-state index contributed by atoms with van der Waals surface area (Å²) in [6, 6.07) is 60.0. The van der Waals surface area contributed by atoms with Crippen LogP contribution in [0.5, 0.6) is 0 Å². The number of rotatable bonds is 0. The Morgan fingerprint density at radius 2 is 0.294 bits per heavy atom. The zero-order chi connectivity index (χ0) is 21.2. The van der Waals surface area contributed by atoms with Gasteiger partial charge in [-0.3, -0.25) is 0 Å². The molecule has 0 aliphatic carbocycles. The normalized spacial score (nSPS) is 7.06. The Balaban J connectivity index is -0.000000155. The Bertz CT molecular complexity index is 564. The van der Waals surface area contributed by atoms with Crippen LogP contribution in [0.1, 0.15) is 0 Å². The summed E-state index contributed by atoms with van der Waals surface area (Å²) in [5.74, 6) is 0. The fraction of sp³-hybridized carbons (Fsp3) is 0. The molecule has 189 valence electrons. The Labute approximate surface area is 276 Å². The second kappa shape index (κ2) is 36.9. The third-order valence-corrected chi connectivity index (χ3v) is 3.33. The molecule has 0 saturated heterocycles. The van der Waals surface area contributed by atoms with Crippen molar-refractivity contribution in [3.05, 3.63) is 182 Å². The van der Waals surface area contributed by atoms with Gasteiger partial charge in [0.05, 0.1) is 0 Å². The molecule has 0 spiro atoms. The summed E-state index contributed by atoms with van der Waals surface area (Å²) in [4.78, 5) is 0. The third kappa shape index (κ3) is 33.5. The van der Waals surface area contributed by atoms with Crippen molar-refractivity contribution in [2.24, 2.45) is 0 Å². The molecule has 0 atom stereocenters. The van der Waals surface area contributed by atoms with E-state index in [9.17, 15) is 0 Å². The second-order valence-corrected chi connectivity index (χ2v) is 5.77. The first-order valence-corrected chi connectivity index (χ1v) is 10.0. The Morgan fingerprint density at radius 3 is 0.324 bits per heavy atom. The van der Waals surface area contributed by atoms with Gasteiger partial charge in [0.1, 0.15) is 0 Å². The molecular weight excluding hydrogens is 1090 g/mol. The molecular formula is C30H30LuRe3-3. The first-order chi connectivity index (χ1) is 15.0. The largest absolute Gasteiger partial charge is 3.00 e. The number of hydrogen-bond acceptors (Lipinski definition) is 0. The van der Waals surface area contributed by atoms with Crippen LogP contribution in [0.25, 0.3) is 0 Å². The van der Waals surface area contributed by atoms with Gasteiger partial charge in [-0.2, -0.15) is 109 Å². The van der Waals surface area contributed by atoms with Gasteiger partial charge in [-0.25, -0.2) is 72.8 Å². The molecule has 0 heterocycles. The zero-order valence-electron chi connectivity index (χ0n) is 18.7.